The monoisotopic (exact) mass is 141 g/mol. The van der Waals surface area contributed by atoms with Crippen LogP contribution in [0.5, 0.6) is 0 Å². The van der Waals surface area contributed by atoms with E-state index in [9.17, 15) is 0 Å². The van der Waals surface area contributed by atoms with Gasteiger partial charge in [0.25, 0.3) is 0 Å². The van der Waals surface area contributed by atoms with Gasteiger partial charge >= 0.3 is 0 Å². The maximum absolute atomic E-state index is 5.90. The molecule has 2 N–H and O–H groups in total. The van der Waals surface area contributed by atoms with Gasteiger partial charge in [0.05, 0.1) is 0 Å². The van der Waals surface area contributed by atoms with Crippen molar-refractivity contribution in [1.29, 1.82) is 0 Å². The fraction of sp³-hybridized carbons (Fsp3) is 1.00. The summed E-state index contributed by atoms with van der Waals surface area (Å²) in [6.45, 7) is 6.95. The first-order valence-corrected chi connectivity index (χ1v) is 4.25. The standard InChI is InChI=1S/C9H19N/c1-7-4-8(10)6-9(2,3)5-7/h7-8H,4-6,10H2,1-3H3. The lowest BCUT2D eigenvalue weighted by atomic mass is 9.71. The molecule has 0 aromatic heterocycles. The van der Waals surface area contributed by atoms with Gasteiger partial charge in [0.15, 0.2) is 0 Å². The Bertz CT molecular complexity index is 106. The summed E-state index contributed by atoms with van der Waals surface area (Å²) in [6, 6.07) is 0.457. The van der Waals surface area contributed by atoms with Gasteiger partial charge in [0.1, 0.15) is 0 Å². The molecule has 1 aliphatic rings. The molecule has 0 aromatic carbocycles. The largest absolute Gasteiger partial charge is 0.328 e. The lowest BCUT2D eigenvalue weighted by molar-refractivity contribution is 0.170. The zero-order valence-electron chi connectivity index (χ0n) is 7.35. The van der Waals surface area contributed by atoms with Crippen molar-refractivity contribution in [3.63, 3.8) is 0 Å². The van der Waals surface area contributed by atoms with Crippen LogP contribution in [0.25, 0.3) is 0 Å². The molecule has 0 bridgehead atoms. The maximum atomic E-state index is 5.90. The van der Waals surface area contributed by atoms with Crippen molar-refractivity contribution in [2.45, 2.75) is 46.1 Å². The molecule has 1 saturated carbocycles. The first-order valence-electron chi connectivity index (χ1n) is 4.25. The summed E-state index contributed by atoms with van der Waals surface area (Å²) >= 11 is 0. The highest BCUT2D eigenvalue weighted by atomic mass is 14.7. The van der Waals surface area contributed by atoms with E-state index >= 15 is 0 Å². The average Bonchev–Trinajstić information content (AvgIpc) is 1.54. The summed E-state index contributed by atoms with van der Waals surface area (Å²) in [4.78, 5) is 0. The molecule has 10 heavy (non-hydrogen) atoms. The molecule has 2 unspecified atom stereocenters. The summed E-state index contributed by atoms with van der Waals surface area (Å²) in [5.74, 6) is 0.832. The molecule has 0 radical (unpaired) electrons. The van der Waals surface area contributed by atoms with Crippen LogP contribution in [0.3, 0.4) is 0 Å². The van der Waals surface area contributed by atoms with Gasteiger partial charge in [-0.05, 0) is 30.6 Å². The Morgan fingerprint density at radius 2 is 1.90 bits per heavy atom. The Kier molecular flexibility index (Phi) is 2.04. The summed E-state index contributed by atoms with van der Waals surface area (Å²) < 4.78 is 0. The van der Waals surface area contributed by atoms with E-state index < -0.39 is 0 Å². The van der Waals surface area contributed by atoms with Gasteiger partial charge in [-0.3, -0.25) is 0 Å². The molecule has 1 rings (SSSR count). The topological polar surface area (TPSA) is 26.0 Å². The molecule has 1 heteroatoms. The Hall–Kier alpha value is -0.0400. The van der Waals surface area contributed by atoms with Gasteiger partial charge in [-0.15, -0.1) is 0 Å². The molecule has 0 aromatic rings. The third-order valence-electron chi connectivity index (χ3n) is 2.42. The van der Waals surface area contributed by atoms with Crippen molar-refractivity contribution >= 4 is 0 Å². The maximum Gasteiger partial charge on any atom is 0.00464 e. The molecule has 1 fully saturated rings. The zero-order valence-corrected chi connectivity index (χ0v) is 7.35. The van der Waals surface area contributed by atoms with E-state index in [4.69, 9.17) is 5.73 Å². The number of nitrogens with two attached hydrogens (primary N) is 1. The fourth-order valence-corrected chi connectivity index (χ4v) is 2.42. The molecule has 60 valence electrons. The second-order valence-corrected chi connectivity index (χ2v) is 4.67. The Morgan fingerprint density at radius 1 is 1.30 bits per heavy atom. The predicted octanol–water partition coefficient (Wildman–Crippen LogP) is 2.16. The minimum Gasteiger partial charge on any atom is -0.328 e. The van der Waals surface area contributed by atoms with Crippen molar-refractivity contribution in [1.82, 2.24) is 0 Å². The van der Waals surface area contributed by atoms with Crippen LogP contribution in [0.2, 0.25) is 0 Å². The smallest absolute Gasteiger partial charge is 0.00464 e. The van der Waals surface area contributed by atoms with Gasteiger partial charge in [-0.25, -0.2) is 0 Å². The fourth-order valence-electron chi connectivity index (χ4n) is 2.42. The van der Waals surface area contributed by atoms with Gasteiger partial charge in [-0.1, -0.05) is 20.8 Å². The molecular weight excluding hydrogens is 122 g/mol. The van der Waals surface area contributed by atoms with E-state index in [0.29, 0.717) is 11.5 Å². The Labute approximate surface area is 64.0 Å². The van der Waals surface area contributed by atoms with Crippen molar-refractivity contribution < 1.29 is 0 Å². The van der Waals surface area contributed by atoms with E-state index in [0.717, 1.165) is 5.92 Å². The molecule has 0 amide bonds. The first-order chi connectivity index (χ1) is 4.49. The van der Waals surface area contributed by atoms with Crippen LogP contribution in [0.15, 0.2) is 0 Å². The minimum absolute atomic E-state index is 0.457. The molecule has 0 saturated heterocycles. The lowest BCUT2D eigenvalue weighted by Gasteiger charge is -2.37. The summed E-state index contributed by atoms with van der Waals surface area (Å²) in [5.41, 5.74) is 6.40. The average molecular weight is 141 g/mol. The SMILES string of the molecule is CC1CC(N)CC(C)(C)C1. The number of hydrogen-bond donors (Lipinski definition) is 1. The van der Waals surface area contributed by atoms with Crippen molar-refractivity contribution in [2.24, 2.45) is 17.1 Å². The Balaban J connectivity index is 2.51. The number of hydrogen-bond acceptors (Lipinski definition) is 1. The molecule has 0 spiro atoms. The minimum atomic E-state index is 0.457. The first kappa shape index (κ1) is 8.06. The van der Waals surface area contributed by atoms with Crippen LogP contribution in [-0.4, -0.2) is 6.04 Å². The van der Waals surface area contributed by atoms with Crippen LogP contribution in [-0.2, 0) is 0 Å². The number of rotatable bonds is 0. The molecular formula is C9H19N. The van der Waals surface area contributed by atoms with Crippen molar-refractivity contribution in [3.05, 3.63) is 0 Å². The molecule has 2 atom stereocenters. The van der Waals surface area contributed by atoms with E-state index in [1.54, 1.807) is 0 Å². The second kappa shape index (κ2) is 2.54. The van der Waals surface area contributed by atoms with E-state index in [1.165, 1.54) is 19.3 Å². The Morgan fingerprint density at radius 3 is 2.30 bits per heavy atom. The molecule has 0 heterocycles. The van der Waals surface area contributed by atoms with Gasteiger partial charge in [0, 0.05) is 6.04 Å². The molecule has 1 aliphatic carbocycles. The van der Waals surface area contributed by atoms with Gasteiger partial charge < -0.3 is 5.73 Å². The van der Waals surface area contributed by atoms with Crippen LogP contribution >= 0.6 is 0 Å². The van der Waals surface area contributed by atoms with Crippen LogP contribution in [0.4, 0.5) is 0 Å². The summed E-state index contributed by atoms with van der Waals surface area (Å²) in [7, 11) is 0. The predicted molar refractivity (Wildman–Crippen MR) is 44.8 cm³/mol. The highest BCUT2D eigenvalue weighted by Crippen LogP contribution is 2.37. The summed E-state index contributed by atoms with van der Waals surface area (Å²) in [6.07, 6.45) is 3.78. The second-order valence-electron chi connectivity index (χ2n) is 4.67. The van der Waals surface area contributed by atoms with Gasteiger partial charge in [-0.2, -0.15) is 0 Å². The van der Waals surface area contributed by atoms with Crippen LogP contribution < -0.4 is 5.73 Å². The van der Waals surface area contributed by atoms with Gasteiger partial charge in [0.2, 0.25) is 0 Å². The van der Waals surface area contributed by atoms with Crippen molar-refractivity contribution in [2.75, 3.05) is 0 Å². The van der Waals surface area contributed by atoms with E-state index in [1.807, 2.05) is 0 Å². The lowest BCUT2D eigenvalue weighted by Crippen LogP contribution is -2.36. The van der Waals surface area contributed by atoms with E-state index in [2.05, 4.69) is 20.8 Å². The van der Waals surface area contributed by atoms with Crippen molar-refractivity contribution in [3.8, 4) is 0 Å². The third-order valence-corrected chi connectivity index (χ3v) is 2.42. The quantitative estimate of drug-likeness (QED) is 0.549. The zero-order chi connectivity index (χ0) is 7.78. The third kappa shape index (κ3) is 1.98. The summed E-state index contributed by atoms with van der Waals surface area (Å²) in [5, 5.41) is 0. The molecule has 0 aliphatic heterocycles. The van der Waals surface area contributed by atoms with Crippen LogP contribution in [0, 0.1) is 11.3 Å². The highest BCUT2D eigenvalue weighted by molar-refractivity contribution is 4.84. The highest BCUT2D eigenvalue weighted by Gasteiger charge is 2.29. The molecule has 1 nitrogen and oxygen atoms in total. The normalized spacial score (nSPS) is 39.6. The van der Waals surface area contributed by atoms with E-state index in [-0.39, 0.29) is 0 Å². The van der Waals surface area contributed by atoms with Crippen LogP contribution in [0.1, 0.15) is 40.0 Å².